The molecule has 0 bridgehead atoms. The van der Waals surface area contributed by atoms with Crippen molar-refractivity contribution >= 4 is 35.3 Å². The lowest BCUT2D eigenvalue weighted by molar-refractivity contribution is -0.128. The van der Waals surface area contributed by atoms with Crippen LogP contribution in [0.3, 0.4) is 0 Å². The number of ketones is 1. The van der Waals surface area contributed by atoms with Gasteiger partial charge in [-0.15, -0.1) is 0 Å². The summed E-state index contributed by atoms with van der Waals surface area (Å²) in [5.74, 6) is -0.775. The summed E-state index contributed by atoms with van der Waals surface area (Å²) >= 11 is 6.14. The number of nitrogens with one attached hydrogen (secondary N) is 2. The van der Waals surface area contributed by atoms with Gasteiger partial charge in [0, 0.05) is 42.6 Å². The smallest absolute Gasteiger partial charge is 0.248 e. The number of fused-ring (bicyclic) bond motifs is 1. The number of rotatable bonds is 9. The Morgan fingerprint density at radius 2 is 2.12 bits per heavy atom. The predicted octanol–water partition coefficient (Wildman–Crippen LogP) is 2.97. The average Bonchev–Trinajstić information content (AvgIpc) is 3.48. The van der Waals surface area contributed by atoms with Crippen LogP contribution in [0.1, 0.15) is 56.1 Å². The van der Waals surface area contributed by atoms with E-state index >= 15 is 0 Å². The Labute approximate surface area is 192 Å². The van der Waals surface area contributed by atoms with Crippen LogP contribution < -0.4 is 10.6 Å². The number of aromatic nitrogens is 1. The zero-order valence-corrected chi connectivity index (χ0v) is 18.7. The molecule has 1 saturated carbocycles. The Hall–Kier alpha value is -2.72. The molecule has 168 valence electrons. The van der Waals surface area contributed by atoms with E-state index in [2.05, 4.69) is 21.7 Å². The van der Waals surface area contributed by atoms with E-state index in [0.717, 1.165) is 36.8 Å². The van der Waals surface area contributed by atoms with E-state index in [9.17, 15) is 19.6 Å². The first-order chi connectivity index (χ1) is 15.4. The zero-order chi connectivity index (χ0) is 22.7. The van der Waals surface area contributed by atoms with Crippen LogP contribution in [0.15, 0.2) is 17.8 Å². The summed E-state index contributed by atoms with van der Waals surface area (Å²) in [6.07, 6.45) is 8.56. The molecule has 0 radical (unpaired) electrons. The van der Waals surface area contributed by atoms with Crippen molar-refractivity contribution in [2.45, 2.75) is 57.4 Å². The fourth-order valence-corrected chi connectivity index (χ4v) is 4.78. The highest BCUT2D eigenvalue weighted by Crippen LogP contribution is 2.35. The van der Waals surface area contributed by atoms with E-state index in [-0.39, 0.29) is 29.9 Å². The van der Waals surface area contributed by atoms with Crippen molar-refractivity contribution < 1.29 is 14.4 Å². The van der Waals surface area contributed by atoms with Gasteiger partial charge in [0.2, 0.25) is 11.8 Å². The van der Waals surface area contributed by atoms with E-state index in [1.54, 1.807) is 12.3 Å². The summed E-state index contributed by atoms with van der Waals surface area (Å²) in [7, 11) is 0. The highest BCUT2D eigenvalue weighted by Gasteiger charge is 2.34. The minimum atomic E-state index is -0.621. The first-order valence-corrected chi connectivity index (χ1v) is 11.7. The van der Waals surface area contributed by atoms with Gasteiger partial charge in [0.25, 0.3) is 0 Å². The van der Waals surface area contributed by atoms with Crippen LogP contribution in [0.2, 0.25) is 5.15 Å². The second kappa shape index (κ2) is 9.83. The lowest BCUT2D eigenvalue weighted by Crippen LogP contribution is -2.43. The Morgan fingerprint density at radius 3 is 2.81 bits per heavy atom. The summed E-state index contributed by atoms with van der Waals surface area (Å²) in [6.45, 7) is 0.669. The number of nitriles is 1. The van der Waals surface area contributed by atoms with Crippen LogP contribution in [0.4, 0.5) is 0 Å². The molecular weight excluding hydrogens is 428 g/mol. The van der Waals surface area contributed by atoms with Gasteiger partial charge in [-0.1, -0.05) is 24.4 Å². The molecule has 0 unspecified atom stereocenters. The number of hydrogen-bond donors (Lipinski definition) is 2. The summed E-state index contributed by atoms with van der Waals surface area (Å²) in [6, 6.07) is 3.42. The van der Waals surface area contributed by atoms with Crippen molar-refractivity contribution in [1.82, 2.24) is 15.6 Å². The molecule has 2 fully saturated rings. The highest BCUT2D eigenvalue weighted by molar-refractivity contribution is 6.31. The van der Waals surface area contributed by atoms with E-state index in [1.165, 1.54) is 0 Å². The number of halogens is 1. The Bertz CT molecular complexity index is 995. The van der Waals surface area contributed by atoms with Gasteiger partial charge in [0.15, 0.2) is 5.78 Å². The number of hydrogen-bond acceptors (Lipinski definition) is 5. The summed E-state index contributed by atoms with van der Waals surface area (Å²) < 4.78 is 0. The molecule has 0 aromatic carbocycles. The largest absolute Gasteiger partial charge is 0.356 e. The van der Waals surface area contributed by atoms with Crippen molar-refractivity contribution in [3.63, 3.8) is 0 Å². The minimum absolute atomic E-state index is 0.0346. The van der Waals surface area contributed by atoms with Crippen molar-refractivity contribution in [1.29, 1.82) is 5.26 Å². The standard InChI is InChI=1S/C24H27ClN4O3/c25-22-19-12-18(11-16(19)5-7-27-22)24(32)29-20(9-14-3-4-14)21(30)10-15(13-26)8-17-2-1-6-28-23(17)31/h5,7,12,14-15,17,20H,1-4,6,8-11H2,(H,28,31)(H,29,32)/t15-,17+,20+/m1/s1. The van der Waals surface area contributed by atoms with Crippen LogP contribution in [0, 0.1) is 29.1 Å². The normalized spacial score (nSPS) is 21.6. The van der Waals surface area contributed by atoms with Gasteiger partial charge in [-0.25, -0.2) is 4.98 Å². The average molecular weight is 455 g/mol. The molecule has 1 aromatic heterocycles. The van der Waals surface area contributed by atoms with Gasteiger partial charge in [0.05, 0.1) is 18.0 Å². The molecule has 32 heavy (non-hydrogen) atoms. The van der Waals surface area contributed by atoms with Gasteiger partial charge >= 0.3 is 0 Å². The van der Waals surface area contributed by atoms with E-state index in [1.807, 2.05) is 6.07 Å². The second-order valence-corrected chi connectivity index (χ2v) is 9.45. The minimum Gasteiger partial charge on any atom is -0.356 e. The van der Waals surface area contributed by atoms with Crippen LogP contribution in [-0.2, 0) is 20.8 Å². The lowest BCUT2D eigenvalue weighted by Gasteiger charge is -2.24. The van der Waals surface area contributed by atoms with Gasteiger partial charge in [-0.3, -0.25) is 14.4 Å². The maximum atomic E-state index is 13.1. The third-order valence-electron chi connectivity index (χ3n) is 6.58. The van der Waals surface area contributed by atoms with E-state index < -0.39 is 12.0 Å². The molecule has 1 aromatic rings. The van der Waals surface area contributed by atoms with Gasteiger partial charge < -0.3 is 10.6 Å². The molecule has 2 amide bonds. The molecule has 1 saturated heterocycles. The van der Waals surface area contributed by atoms with Crippen LogP contribution in [0.25, 0.3) is 6.08 Å². The third-order valence-corrected chi connectivity index (χ3v) is 6.88. The molecule has 4 rings (SSSR count). The van der Waals surface area contributed by atoms with Gasteiger partial charge in [-0.05, 0) is 49.3 Å². The number of carbonyl (C=O) groups excluding carboxylic acids is 3. The molecule has 1 aliphatic heterocycles. The maximum absolute atomic E-state index is 13.1. The summed E-state index contributed by atoms with van der Waals surface area (Å²) in [4.78, 5) is 42.1. The molecule has 7 nitrogen and oxygen atoms in total. The fourth-order valence-electron chi connectivity index (χ4n) is 4.55. The van der Waals surface area contributed by atoms with Crippen LogP contribution in [0.5, 0.6) is 0 Å². The van der Waals surface area contributed by atoms with E-state index in [0.29, 0.717) is 42.5 Å². The lowest BCUT2D eigenvalue weighted by atomic mass is 9.85. The maximum Gasteiger partial charge on any atom is 0.248 e. The first kappa shape index (κ1) is 22.5. The summed E-state index contributed by atoms with van der Waals surface area (Å²) in [5, 5.41) is 15.7. The molecule has 3 atom stereocenters. The van der Waals surface area contributed by atoms with Crippen LogP contribution >= 0.6 is 11.6 Å². The van der Waals surface area contributed by atoms with Crippen molar-refractivity contribution in [2.24, 2.45) is 17.8 Å². The molecule has 8 heteroatoms. The monoisotopic (exact) mass is 454 g/mol. The topological polar surface area (TPSA) is 112 Å². The van der Waals surface area contributed by atoms with Gasteiger partial charge in [-0.2, -0.15) is 5.26 Å². The number of piperidine rings is 1. The molecule has 0 spiro atoms. The Morgan fingerprint density at radius 1 is 1.31 bits per heavy atom. The zero-order valence-electron chi connectivity index (χ0n) is 17.9. The number of pyridine rings is 1. The second-order valence-electron chi connectivity index (χ2n) is 9.09. The number of Topliss-reactive ketones (excluding diaryl/α,β-unsaturated/α-hetero) is 1. The van der Waals surface area contributed by atoms with Crippen molar-refractivity contribution in [3.05, 3.63) is 34.1 Å². The van der Waals surface area contributed by atoms with Crippen molar-refractivity contribution in [2.75, 3.05) is 6.54 Å². The highest BCUT2D eigenvalue weighted by atomic mass is 35.5. The molecule has 2 heterocycles. The first-order valence-electron chi connectivity index (χ1n) is 11.3. The van der Waals surface area contributed by atoms with Crippen LogP contribution in [-0.4, -0.2) is 35.2 Å². The van der Waals surface area contributed by atoms with Crippen molar-refractivity contribution in [3.8, 4) is 6.07 Å². The predicted molar refractivity (Wildman–Crippen MR) is 119 cm³/mol. The van der Waals surface area contributed by atoms with Gasteiger partial charge in [0.1, 0.15) is 5.15 Å². The third kappa shape index (κ3) is 5.36. The Balaban J connectivity index is 1.39. The molecule has 2 aliphatic carbocycles. The molecule has 2 N–H and O–H groups in total. The quantitative estimate of drug-likeness (QED) is 0.557. The SMILES string of the molecule is N#C[C@@H](CC(=O)[C@H](CC1CC1)NC(=O)C1=Cc2c(ccnc2Cl)C1)C[C@@H]1CCCNC1=O. The number of nitrogens with zero attached hydrogens (tertiary/aromatic N) is 2. The Kier molecular flexibility index (Phi) is 6.90. The van der Waals surface area contributed by atoms with E-state index in [4.69, 9.17) is 11.6 Å². The fraction of sp³-hybridized carbons (Fsp3) is 0.542. The number of amides is 2. The number of carbonyl (C=O) groups is 3. The molecule has 3 aliphatic rings. The molecular formula is C24H27ClN4O3. The summed E-state index contributed by atoms with van der Waals surface area (Å²) in [5.41, 5.74) is 2.24.